The summed E-state index contributed by atoms with van der Waals surface area (Å²) in [5.74, 6) is 0.771. The third-order valence-electron chi connectivity index (χ3n) is 4.13. The molecule has 0 amide bonds. The molecule has 0 bridgehead atoms. The number of rotatable bonds is 4. The SMILES string of the molecule is CC1(c2ccccc2Cl)CC1CNC1CC1. The molecule has 2 aliphatic carbocycles. The average molecular weight is 236 g/mol. The van der Waals surface area contributed by atoms with E-state index in [-0.39, 0.29) is 0 Å². The van der Waals surface area contributed by atoms with E-state index in [0.717, 1.165) is 23.5 Å². The van der Waals surface area contributed by atoms with Crippen molar-refractivity contribution in [3.8, 4) is 0 Å². The van der Waals surface area contributed by atoms with Crippen molar-refractivity contribution < 1.29 is 0 Å². The van der Waals surface area contributed by atoms with Crippen molar-refractivity contribution in [2.75, 3.05) is 6.54 Å². The largest absolute Gasteiger partial charge is 0.314 e. The first-order valence-corrected chi connectivity index (χ1v) is 6.56. The molecule has 2 atom stereocenters. The minimum atomic E-state index is 0.320. The molecule has 0 saturated heterocycles. The number of hydrogen-bond donors (Lipinski definition) is 1. The first-order valence-electron chi connectivity index (χ1n) is 6.18. The Balaban J connectivity index is 1.68. The molecule has 2 saturated carbocycles. The summed E-state index contributed by atoms with van der Waals surface area (Å²) in [4.78, 5) is 0. The molecule has 0 heterocycles. The van der Waals surface area contributed by atoms with Crippen molar-refractivity contribution in [2.45, 2.75) is 37.6 Å². The molecular formula is C14H18ClN. The van der Waals surface area contributed by atoms with Gasteiger partial charge in [0.05, 0.1) is 0 Å². The van der Waals surface area contributed by atoms with Crippen LogP contribution in [0.3, 0.4) is 0 Å². The van der Waals surface area contributed by atoms with Gasteiger partial charge in [0, 0.05) is 11.1 Å². The summed E-state index contributed by atoms with van der Waals surface area (Å²) in [6, 6.07) is 9.10. The van der Waals surface area contributed by atoms with E-state index in [0.29, 0.717) is 5.41 Å². The maximum absolute atomic E-state index is 6.27. The Labute approximate surface area is 102 Å². The summed E-state index contributed by atoms with van der Waals surface area (Å²) in [6.45, 7) is 3.50. The first-order chi connectivity index (χ1) is 7.70. The minimum Gasteiger partial charge on any atom is -0.314 e. The van der Waals surface area contributed by atoms with Gasteiger partial charge in [0.2, 0.25) is 0 Å². The Morgan fingerprint density at radius 3 is 2.81 bits per heavy atom. The summed E-state index contributed by atoms with van der Waals surface area (Å²) < 4.78 is 0. The molecule has 16 heavy (non-hydrogen) atoms. The molecule has 1 nitrogen and oxygen atoms in total. The van der Waals surface area contributed by atoms with Gasteiger partial charge < -0.3 is 5.32 Å². The highest BCUT2D eigenvalue weighted by Gasteiger charge is 2.51. The van der Waals surface area contributed by atoms with Crippen LogP contribution in [-0.2, 0) is 5.41 Å². The van der Waals surface area contributed by atoms with Gasteiger partial charge in [-0.15, -0.1) is 0 Å². The maximum atomic E-state index is 6.27. The summed E-state index contributed by atoms with van der Waals surface area (Å²) in [5, 5.41) is 4.55. The van der Waals surface area contributed by atoms with Crippen LogP contribution < -0.4 is 5.32 Å². The van der Waals surface area contributed by atoms with Gasteiger partial charge in [0.1, 0.15) is 0 Å². The van der Waals surface area contributed by atoms with E-state index in [4.69, 9.17) is 11.6 Å². The molecule has 2 aliphatic rings. The van der Waals surface area contributed by atoms with E-state index in [2.05, 4.69) is 24.4 Å². The van der Waals surface area contributed by atoms with E-state index in [1.54, 1.807) is 0 Å². The molecule has 86 valence electrons. The second-order valence-corrected chi connectivity index (χ2v) is 5.89. The third kappa shape index (κ3) is 1.87. The van der Waals surface area contributed by atoms with E-state index in [1.165, 1.54) is 24.8 Å². The van der Waals surface area contributed by atoms with E-state index < -0.39 is 0 Å². The van der Waals surface area contributed by atoms with Crippen molar-refractivity contribution in [3.63, 3.8) is 0 Å². The molecule has 2 unspecified atom stereocenters. The average Bonchev–Trinajstić information content (AvgIpc) is 3.14. The highest BCUT2D eigenvalue weighted by atomic mass is 35.5. The molecule has 1 aromatic carbocycles. The second-order valence-electron chi connectivity index (χ2n) is 5.48. The van der Waals surface area contributed by atoms with Crippen LogP contribution >= 0.6 is 11.6 Å². The number of benzene rings is 1. The normalized spacial score (nSPS) is 32.8. The van der Waals surface area contributed by atoms with Crippen molar-refractivity contribution in [3.05, 3.63) is 34.9 Å². The number of hydrogen-bond acceptors (Lipinski definition) is 1. The first kappa shape index (κ1) is 10.6. The third-order valence-corrected chi connectivity index (χ3v) is 4.46. The van der Waals surface area contributed by atoms with Crippen molar-refractivity contribution in [2.24, 2.45) is 5.92 Å². The molecule has 1 N–H and O–H groups in total. The lowest BCUT2D eigenvalue weighted by Crippen LogP contribution is -2.22. The Kier molecular flexibility index (Phi) is 2.49. The second kappa shape index (κ2) is 3.75. The Bertz CT molecular complexity index is 399. The molecule has 0 aliphatic heterocycles. The molecule has 0 radical (unpaired) electrons. The van der Waals surface area contributed by atoms with Crippen molar-refractivity contribution in [1.82, 2.24) is 5.32 Å². The molecule has 1 aromatic rings. The monoisotopic (exact) mass is 235 g/mol. The van der Waals surface area contributed by atoms with Crippen LogP contribution in [0.15, 0.2) is 24.3 Å². The van der Waals surface area contributed by atoms with Crippen LogP contribution in [0.25, 0.3) is 0 Å². The van der Waals surface area contributed by atoms with E-state index >= 15 is 0 Å². The summed E-state index contributed by atoms with van der Waals surface area (Å²) in [6.07, 6.45) is 4.02. The van der Waals surface area contributed by atoms with E-state index in [9.17, 15) is 0 Å². The molecular weight excluding hydrogens is 218 g/mol. The summed E-state index contributed by atoms with van der Waals surface area (Å²) >= 11 is 6.27. The fourth-order valence-electron chi connectivity index (χ4n) is 2.60. The summed E-state index contributed by atoms with van der Waals surface area (Å²) in [7, 11) is 0. The molecule has 3 rings (SSSR count). The molecule has 0 aromatic heterocycles. The number of nitrogens with one attached hydrogen (secondary N) is 1. The van der Waals surface area contributed by atoms with Crippen LogP contribution in [0.1, 0.15) is 31.7 Å². The van der Waals surface area contributed by atoms with Crippen LogP contribution in [0, 0.1) is 5.92 Å². The van der Waals surface area contributed by atoms with Gasteiger partial charge in [-0.1, -0.05) is 36.7 Å². The lowest BCUT2D eigenvalue weighted by Gasteiger charge is -2.14. The van der Waals surface area contributed by atoms with Crippen molar-refractivity contribution >= 4 is 11.6 Å². The Hall–Kier alpha value is -0.530. The standard InChI is InChI=1S/C14H18ClN/c1-14(12-4-2-3-5-13(12)15)8-10(14)9-16-11-6-7-11/h2-5,10-11,16H,6-9H2,1H3. The zero-order valence-corrected chi connectivity index (χ0v) is 10.4. The van der Waals surface area contributed by atoms with Gasteiger partial charge in [0.25, 0.3) is 0 Å². The molecule has 2 heteroatoms. The molecule has 2 fully saturated rings. The quantitative estimate of drug-likeness (QED) is 0.844. The van der Waals surface area contributed by atoms with Crippen molar-refractivity contribution in [1.29, 1.82) is 0 Å². The highest BCUT2D eigenvalue weighted by molar-refractivity contribution is 6.31. The fraction of sp³-hybridized carbons (Fsp3) is 0.571. The van der Waals surface area contributed by atoms with Gasteiger partial charge in [0.15, 0.2) is 0 Å². The Morgan fingerprint density at radius 2 is 2.12 bits per heavy atom. The lowest BCUT2D eigenvalue weighted by atomic mass is 9.95. The lowest BCUT2D eigenvalue weighted by molar-refractivity contribution is 0.576. The topological polar surface area (TPSA) is 12.0 Å². The zero-order chi connectivity index (χ0) is 11.2. The van der Waals surface area contributed by atoms with Crippen LogP contribution in [-0.4, -0.2) is 12.6 Å². The van der Waals surface area contributed by atoms with E-state index in [1.807, 2.05) is 12.1 Å². The van der Waals surface area contributed by atoms with Gasteiger partial charge in [-0.05, 0) is 48.8 Å². The summed E-state index contributed by atoms with van der Waals surface area (Å²) in [5.41, 5.74) is 1.65. The minimum absolute atomic E-state index is 0.320. The smallest absolute Gasteiger partial charge is 0.0443 e. The zero-order valence-electron chi connectivity index (χ0n) is 9.67. The van der Waals surface area contributed by atoms with Crippen LogP contribution in [0.5, 0.6) is 0 Å². The Morgan fingerprint density at radius 1 is 1.38 bits per heavy atom. The van der Waals surface area contributed by atoms with Crippen LogP contribution in [0.4, 0.5) is 0 Å². The predicted octanol–water partition coefficient (Wildman–Crippen LogP) is 3.37. The fourth-order valence-corrected chi connectivity index (χ4v) is 2.95. The van der Waals surface area contributed by atoms with Crippen LogP contribution in [0.2, 0.25) is 5.02 Å². The highest BCUT2D eigenvalue weighted by Crippen LogP contribution is 2.55. The maximum Gasteiger partial charge on any atom is 0.0443 e. The van der Waals surface area contributed by atoms with Gasteiger partial charge in [-0.2, -0.15) is 0 Å². The van der Waals surface area contributed by atoms with Gasteiger partial charge in [-0.3, -0.25) is 0 Å². The molecule has 0 spiro atoms. The van der Waals surface area contributed by atoms with Gasteiger partial charge in [-0.25, -0.2) is 0 Å². The predicted molar refractivity (Wildman–Crippen MR) is 67.9 cm³/mol. The number of halogens is 1. The van der Waals surface area contributed by atoms with Gasteiger partial charge >= 0.3 is 0 Å².